The van der Waals surface area contributed by atoms with Crippen LogP contribution in [0.4, 0.5) is 5.69 Å². The first-order valence-corrected chi connectivity index (χ1v) is 7.17. The number of carbonyl (C=O) groups excluding carboxylic acids is 3. The van der Waals surface area contributed by atoms with Gasteiger partial charge in [0.25, 0.3) is 0 Å². The minimum Gasteiger partial charge on any atom is -0.550 e. The van der Waals surface area contributed by atoms with Crippen LogP contribution in [0.1, 0.15) is 43.5 Å². The van der Waals surface area contributed by atoms with Gasteiger partial charge in [0.2, 0.25) is 5.91 Å². The number of aromatic carboxylic acids is 1. The normalized spacial score (nSPS) is 13.2. The maximum absolute atomic E-state index is 11.9. The van der Waals surface area contributed by atoms with Gasteiger partial charge in [-0.15, -0.1) is 0 Å². The molecule has 1 aromatic carbocycles. The number of carboxylic acids is 2. The minimum absolute atomic E-state index is 0.0197. The molecule has 120 valence electrons. The molecule has 2 atom stereocenters. The fourth-order valence-electron chi connectivity index (χ4n) is 2.28. The molecule has 1 aromatic rings. The van der Waals surface area contributed by atoms with Gasteiger partial charge in [-0.05, 0) is 30.0 Å². The zero-order chi connectivity index (χ0) is 16.7. The van der Waals surface area contributed by atoms with E-state index < -0.39 is 17.9 Å². The third-order valence-electron chi connectivity index (χ3n) is 3.50. The topological polar surface area (TPSA) is 109 Å². The number of nitrogens with one attached hydrogen (secondary N) is 1. The molecule has 1 rings (SSSR count). The first-order valence-electron chi connectivity index (χ1n) is 7.17. The number of hydrogen-bond donors (Lipinski definition) is 1. The lowest BCUT2D eigenvalue weighted by atomic mass is 9.87. The van der Waals surface area contributed by atoms with Gasteiger partial charge in [0, 0.05) is 24.0 Å². The molecule has 0 aliphatic carbocycles. The number of carbonyl (C=O) groups is 3. The summed E-state index contributed by atoms with van der Waals surface area (Å²) in [5, 5.41) is 24.3. The largest absolute Gasteiger partial charge is 0.550 e. The van der Waals surface area contributed by atoms with E-state index in [1.54, 1.807) is 6.92 Å². The van der Waals surface area contributed by atoms with Crippen LogP contribution in [0.25, 0.3) is 0 Å². The molecule has 0 unspecified atom stereocenters. The SMILES string of the molecule is CCC[C@@H](C(=O)[O-])[C@H](C)CC(=O)Nc1ccc(C(=O)[O-])cc1. The Hall–Kier alpha value is -2.37. The second kappa shape index (κ2) is 8.17. The molecule has 0 aromatic heterocycles. The molecule has 0 saturated carbocycles. The highest BCUT2D eigenvalue weighted by Crippen LogP contribution is 2.21. The predicted octanol–water partition coefficient (Wildman–Crippen LogP) is 0.181. The summed E-state index contributed by atoms with van der Waals surface area (Å²) in [6, 6.07) is 5.57. The number of carboxylic acid groups (broad SMARTS) is 2. The second-order valence-corrected chi connectivity index (χ2v) is 5.31. The predicted molar refractivity (Wildman–Crippen MR) is 76.6 cm³/mol. The molecule has 6 heteroatoms. The molecule has 0 saturated heterocycles. The molecule has 0 spiro atoms. The maximum Gasteiger partial charge on any atom is 0.224 e. The van der Waals surface area contributed by atoms with Crippen LogP contribution in [0.3, 0.4) is 0 Å². The van der Waals surface area contributed by atoms with Crippen molar-refractivity contribution in [1.29, 1.82) is 0 Å². The zero-order valence-electron chi connectivity index (χ0n) is 12.6. The zero-order valence-corrected chi connectivity index (χ0v) is 12.6. The molecule has 1 N–H and O–H groups in total. The van der Waals surface area contributed by atoms with E-state index in [4.69, 9.17) is 0 Å². The summed E-state index contributed by atoms with van der Waals surface area (Å²) in [4.78, 5) is 33.6. The van der Waals surface area contributed by atoms with Crippen molar-refractivity contribution in [3.05, 3.63) is 29.8 Å². The van der Waals surface area contributed by atoms with Crippen molar-refractivity contribution in [2.24, 2.45) is 11.8 Å². The molecule has 0 aliphatic rings. The molecular formula is C16H19NO5-2. The Kier molecular flexibility index (Phi) is 6.56. The van der Waals surface area contributed by atoms with Gasteiger partial charge in [0.1, 0.15) is 0 Å². The number of benzene rings is 1. The molecule has 6 nitrogen and oxygen atoms in total. The van der Waals surface area contributed by atoms with Gasteiger partial charge < -0.3 is 25.1 Å². The fourth-order valence-corrected chi connectivity index (χ4v) is 2.28. The van der Waals surface area contributed by atoms with E-state index in [0.29, 0.717) is 18.5 Å². The second-order valence-electron chi connectivity index (χ2n) is 5.31. The summed E-state index contributed by atoms with van der Waals surface area (Å²) in [5.41, 5.74) is 0.467. The summed E-state index contributed by atoms with van der Waals surface area (Å²) in [6.45, 7) is 3.58. The average molecular weight is 305 g/mol. The number of rotatable bonds is 8. The van der Waals surface area contributed by atoms with Crippen molar-refractivity contribution in [3.8, 4) is 0 Å². The molecule has 1 amide bonds. The van der Waals surface area contributed by atoms with Gasteiger partial charge >= 0.3 is 0 Å². The number of anilines is 1. The lowest BCUT2D eigenvalue weighted by Crippen LogP contribution is -2.36. The van der Waals surface area contributed by atoms with Crippen LogP contribution in [-0.2, 0) is 9.59 Å². The lowest BCUT2D eigenvalue weighted by Gasteiger charge is -2.24. The van der Waals surface area contributed by atoms with Crippen molar-refractivity contribution in [1.82, 2.24) is 0 Å². The first-order chi connectivity index (χ1) is 10.3. The highest BCUT2D eigenvalue weighted by molar-refractivity contribution is 5.92. The Labute approximate surface area is 129 Å². The minimum atomic E-state index is -1.29. The standard InChI is InChI=1S/C16H21NO5/c1-3-4-13(16(21)22)10(2)9-14(18)17-12-7-5-11(6-8-12)15(19)20/h5-8,10,13H,3-4,9H2,1-2H3,(H,17,18)(H,19,20)(H,21,22)/p-2/t10-,13-/m1/s1. The van der Waals surface area contributed by atoms with Crippen LogP contribution in [-0.4, -0.2) is 17.8 Å². The van der Waals surface area contributed by atoms with E-state index in [9.17, 15) is 24.6 Å². The van der Waals surface area contributed by atoms with E-state index >= 15 is 0 Å². The van der Waals surface area contributed by atoms with Crippen molar-refractivity contribution < 1.29 is 24.6 Å². The quantitative estimate of drug-likeness (QED) is 0.737. The van der Waals surface area contributed by atoms with Crippen LogP contribution < -0.4 is 15.5 Å². The lowest BCUT2D eigenvalue weighted by molar-refractivity contribution is -0.313. The average Bonchev–Trinajstić information content (AvgIpc) is 2.44. The third-order valence-corrected chi connectivity index (χ3v) is 3.50. The van der Waals surface area contributed by atoms with E-state index in [1.165, 1.54) is 24.3 Å². The smallest absolute Gasteiger partial charge is 0.224 e. The van der Waals surface area contributed by atoms with E-state index in [2.05, 4.69) is 5.32 Å². The summed E-state index contributed by atoms with van der Waals surface area (Å²) in [7, 11) is 0. The summed E-state index contributed by atoms with van der Waals surface area (Å²) in [5.74, 6) is -3.75. The van der Waals surface area contributed by atoms with Gasteiger partial charge in [-0.1, -0.05) is 32.4 Å². The van der Waals surface area contributed by atoms with Crippen molar-refractivity contribution >= 4 is 23.5 Å². The van der Waals surface area contributed by atoms with Crippen LogP contribution in [0, 0.1) is 11.8 Å². The Bertz CT molecular complexity index is 538. The van der Waals surface area contributed by atoms with Crippen LogP contribution in [0.15, 0.2) is 24.3 Å². The Morgan fingerprint density at radius 3 is 2.18 bits per heavy atom. The van der Waals surface area contributed by atoms with Gasteiger partial charge in [0.05, 0.1) is 5.97 Å². The summed E-state index contributed by atoms with van der Waals surface area (Å²) in [6.07, 6.45) is 1.23. The number of aliphatic carboxylic acids is 1. The van der Waals surface area contributed by atoms with Crippen molar-refractivity contribution in [3.63, 3.8) is 0 Å². The highest BCUT2D eigenvalue weighted by Gasteiger charge is 2.20. The monoisotopic (exact) mass is 305 g/mol. The molecule has 0 bridgehead atoms. The summed E-state index contributed by atoms with van der Waals surface area (Å²) < 4.78 is 0. The van der Waals surface area contributed by atoms with E-state index in [0.717, 1.165) is 0 Å². The summed E-state index contributed by atoms with van der Waals surface area (Å²) >= 11 is 0. The molecular weight excluding hydrogens is 286 g/mol. The maximum atomic E-state index is 11.9. The first kappa shape index (κ1) is 17.7. The molecule has 0 aliphatic heterocycles. The molecule has 0 heterocycles. The fraction of sp³-hybridized carbons (Fsp3) is 0.438. The van der Waals surface area contributed by atoms with Gasteiger partial charge in [-0.25, -0.2) is 0 Å². The van der Waals surface area contributed by atoms with Crippen LogP contribution in [0.5, 0.6) is 0 Å². The molecule has 22 heavy (non-hydrogen) atoms. The van der Waals surface area contributed by atoms with Crippen LogP contribution >= 0.6 is 0 Å². The molecule has 0 fully saturated rings. The van der Waals surface area contributed by atoms with Crippen molar-refractivity contribution in [2.45, 2.75) is 33.1 Å². The van der Waals surface area contributed by atoms with Gasteiger partial charge in [-0.3, -0.25) is 4.79 Å². The van der Waals surface area contributed by atoms with E-state index in [-0.39, 0.29) is 23.8 Å². The van der Waals surface area contributed by atoms with Crippen molar-refractivity contribution in [2.75, 3.05) is 5.32 Å². The van der Waals surface area contributed by atoms with Gasteiger partial charge in [0.15, 0.2) is 0 Å². The highest BCUT2D eigenvalue weighted by atomic mass is 16.4. The Morgan fingerprint density at radius 1 is 1.14 bits per heavy atom. The number of amides is 1. The van der Waals surface area contributed by atoms with E-state index in [1.807, 2.05) is 6.92 Å². The van der Waals surface area contributed by atoms with Gasteiger partial charge in [-0.2, -0.15) is 0 Å². The molecule has 0 radical (unpaired) electrons. The Morgan fingerprint density at radius 2 is 1.73 bits per heavy atom. The number of hydrogen-bond acceptors (Lipinski definition) is 5. The third kappa shape index (κ3) is 5.20. The Balaban J connectivity index is 2.61. The van der Waals surface area contributed by atoms with Crippen LogP contribution in [0.2, 0.25) is 0 Å².